The van der Waals surface area contributed by atoms with Crippen LogP contribution in [0, 0.1) is 5.82 Å². The first-order valence-electron chi connectivity index (χ1n) is 13.4. The number of hydrogen-bond acceptors (Lipinski definition) is 9. The zero-order valence-corrected chi connectivity index (χ0v) is 23.2. The highest BCUT2D eigenvalue weighted by Gasteiger charge is 2.38. The van der Waals surface area contributed by atoms with Gasteiger partial charge in [-0.15, -0.1) is 0 Å². The highest BCUT2D eigenvalue weighted by atomic mass is 19.1. The number of nitrogens with one attached hydrogen (secondary N) is 2. The summed E-state index contributed by atoms with van der Waals surface area (Å²) in [6, 6.07) is 2.10. The second-order valence-electron chi connectivity index (χ2n) is 10.3. The van der Waals surface area contributed by atoms with Crippen LogP contribution in [0.15, 0.2) is 18.3 Å². The van der Waals surface area contributed by atoms with E-state index in [2.05, 4.69) is 25.5 Å². The van der Waals surface area contributed by atoms with Gasteiger partial charge in [-0.3, -0.25) is 9.59 Å². The molecule has 212 valence electrons. The summed E-state index contributed by atoms with van der Waals surface area (Å²) >= 11 is 0. The molecule has 12 heteroatoms. The fourth-order valence-corrected chi connectivity index (χ4v) is 5.07. The van der Waals surface area contributed by atoms with E-state index in [0.717, 1.165) is 25.9 Å². The number of aromatic nitrogens is 2. The number of piperidine rings is 1. The topological polar surface area (TPSA) is 123 Å². The summed E-state index contributed by atoms with van der Waals surface area (Å²) in [7, 11) is 3.73. The van der Waals surface area contributed by atoms with Gasteiger partial charge in [-0.2, -0.15) is 4.98 Å². The first kappa shape index (κ1) is 28.5. The maximum absolute atomic E-state index is 15.2. The molecule has 1 saturated heterocycles. The minimum atomic E-state index is -0.725. The Labute approximate surface area is 228 Å². The summed E-state index contributed by atoms with van der Waals surface area (Å²) in [6.45, 7) is 7.35. The Hall–Kier alpha value is -3.51. The molecule has 0 saturated carbocycles. The minimum Gasteiger partial charge on any atom is -0.489 e. The zero-order valence-electron chi connectivity index (χ0n) is 23.2. The molecular weight excluding hydrogens is 505 g/mol. The Morgan fingerprint density at radius 3 is 2.62 bits per heavy atom. The third kappa shape index (κ3) is 6.06. The van der Waals surface area contributed by atoms with Gasteiger partial charge in [0, 0.05) is 25.2 Å². The van der Waals surface area contributed by atoms with E-state index in [9.17, 15) is 14.7 Å². The monoisotopic (exact) mass is 543 g/mol. The van der Waals surface area contributed by atoms with E-state index < -0.39 is 11.7 Å². The summed E-state index contributed by atoms with van der Waals surface area (Å²) in [5.74, 6) is -0.327. The molecule has 1 aromatic heterocycles. The molecule has 11 nitrogen and oxygen atoms in total. The number of rotatable bonds is 9. The number of anilines is 4. The van der Waals surface area contributed by atoms with E-state index in [1.165, 1.54) is 12.1 Å². The lowest BCUT2D eigenvalue weighted by atomic mass is 10.0. The number of likely N-dealkylation sites (N-methyl/N-ethyl adjacent to an activating group) is 1. The number of aliphatic hydroxyl groups is 1. The van der Waals surface area contributed by atoms with Crippen molar-refractivity contribution in [3.63, 3.8) is 0 Å². The van der Waals surface area contributed by atoms with E-state index in [4.69, 9.17) is 4.74 Å². The van der Waals surface area contributed by atoms with Crippen LogP contribution >= 0.6 is 0 Å². The molecule has 39 heavy (non-hydrogen) atoms. The highest BCUT2D eigenvalue weighted by molar-refractivity contribution is 6.04. The van der Waals surface area contributed by atoms with Gasteiger partial charge in [0.25, 0.3) is 5.91 Å². The molecule has 1 atom stereocenters. The number of likely N-dealkylation sites (tertiary alicyclic amines) is 1. The Balaban J connectivity index is 1.63. The van der Waals surface area contributed by atoms with Crippen molar-refractivity contribution in [3.05, 3.63) is 29.7 Å². The summed E-state index contributed by atoms with van der Waals surface area (Å²) < 4.78 is 20.9. The minimum absolute atomic E-state index is 0.00245. The van der Waals surface area contributed by atoms with Crippen LogP contribution in [0.1, 0.15) is 50.4 Å². The van der Waals surface area contributed by atoms with Crippen molar-refractivity contribution < 1.29 is 23.8 Å². The quantitative estimate of drug-likeness (QED) is 0.438. The smallest absolute Gasteiger partial charge is 0.254 e. The van der Waals surface area contributed by atoms with Crippen LogP contribution in [-0.4, -0.2) is 90.3 Å². The largest absolute Gasteiger partial charge is 0.489 e. The number of amides is 2. The normalized spacial score (nSPS) is 18.4. The van der Waals surface area contributed by atoms with Crippen LogP contribution < -0.4 is 25.2 Å². The number of halogens is 1. The Morgan fingerprint density at radius 1 is 1.26 bits per heavy atom. The lowest BCUT2D eigenvalue weighted by Gasteiger charge is -2.42. The van der Waals surface area contributed by atoms with Crippen molar-refractivity contribution in [1.82, 2.24) is 20.2 Å². The van der Waals surface area contributed by atoms with E-state index in [-0.39, 0.29) is 60.2 Å². The number of carbonyl (C=O) groups excluding carboxylic acids is 2. The lowest BCUT2D eigenvalue weighted by molar-refractivity contribution is -0.120. The average Bonchev–Trinajstić information content (AvgIpc) is 2.91. The van der Waals surface area contributed by atoms with Crippen molar-refractivity contribution in [2.45, 2.75) is 58.2 Å². The number of hydrogen-bond donors (Lipinski definition) is 3. The van der Waals surface area contributed by atoms with Gasteiger partial charge in [-0.1, -0.05) is 6.92 Å². The lowest BCUT2D eigenvalue weighted by Crippen LogP contribution is -2.54. The first-order valence-corrected chi connectivity index (χ1v) is 13.4. The van der Waals surface area contributed by atoms with Gasteiger partial charge < -0.3 is 35.2 Å². The molecular formula is C27H38FN7O4. The molecule has 1 aromatic carbocycles. The van der Waals surface area contributed by atoms with E-state index in [0.29, 0.717) is 17.9 Å². The van der Waals surface area contributed by atoms with Gasteiger partial charge in [0.2, 0.25) is 11.9 Å². The Kier molecular flexibility index (Phi) is 8.86. The molecule has 0 unspecified atom stereocenters. The van der Waals surface area contributed by atoms with Gasteiger partial charge in [0.15, 0.2) is 5.82 Å². The molecule has 1 fully saturated rings. The van der Waals surface area contributed by atoms with Crippen molar-refractivity contribution in [2.75, 3.05) is 55.5 Å². The second kappa shape index (κ2) is 12.1. The molecule has 4 rings (SSSR count). The molecule has 0 bridgehead atoms. The molecule has 3 N–H and O–H groups in total. The zero-order chi connectivity index (χ0) is 28.3. The fourth-order valence-electron chi connectivity index (χ4n) is 5.07. The van der Waals surface area contributed by atoms with Crippen LogP contribution in [0.2, 0.25) is 0 Å². The SMILES string of the molecule is CC[C@@H]1C(=O)N(C)c2cnc(Nc3cc(F)c(C(=O)NC4CCN(C)CC4)cc3OCCO)nc2N1C(C)C. The van der Waals surface area contributed by atoms with Gasteiger partial charge in [0.1, 0.15) is 29.9 Å². The molecule has 2 amide bonds. The van der Waals surface area contributed by atoms with Crippen LogP contribution in [0.5, 0.6) is 5.75 Å². The summed E-state index contributed by atoms with van der Waals surface area (Å²) in [4.78, 5) is 40.6. The summed E-state index contributed by atoms with van der Waals surface area (Å²) in [5.41, 5.74) is 0.642. The number of aliphatic hydroxyl groups excluding tert-OH is 1. The Bertz CT molecular complexity index is 1200. The maximum Gasteiger partial charge on any atom is 0.254 e. The van der Waals surface area contributed by atoms with Crippen LogP contribution in [-0.2, 0) is 4.79 Å². The van der Waals surface area contributed by atoms with E-state index in [1.807, 2.05) is 32.7 Å². The molecule has 0 aliphatic carbocycles. The molecule has 3 heterocycles. The van der Waals surface area contributed by atoms with Gasteiger partial charge in [-0.25, -0.2) is 9.37 Å². The molecule has 0 spiro atoms. The standard InChI is InChI=1S/C27H38FN7O4/c1-6-21-26(38)34(5)22-15-29-27(32-24(22)35(21)16(2)3)31-20-14-19(28)18(13-23(20)39-12-11-36)25(37)30-17-7-9-33(4)10-8-17/h13-17,21,36H,6-12H2,1-5H3,(H,30,37)(H,29,31,32)/t21-/m1/s1. The number of fused-ring (bicyclic) bond motifs is 1. The number of ether oxygens (including phenoxy) is 1. The van der Waals surface area contributed by atoms with E-state index >= 15 is 4.39 Å². The van der Waals surface area contributed by atoms with Gasteiger partial charge in [0.05, 0.1) is 24.1 Å². The molecule has 2 aliphatic rings. The summed E-state index contributed by atoms with van der Waals surface area (Å²) in [5, 5.41) is 15.3. The van der Waals surface area contributed by atoms with Crippen LogP contribution in [0.3, 0.4) is 0 Å². The number of nitrogens with zero attached hydrogens (tertiary/aromatic N) is 5. The third-order valence-corrected chi connectivity index (χ3v) is 7.21. The number of benzene rings is 1. The van der Waals surface area contributed by atoms with Crippen molar-refractivity contribution >= 4 is 35.0 Å². The maximum atomic E-state index is 15.2. The predicted molar refractivity (Wildman–Crippen MR) is 147 cm³/mol. The van der Waals surface area contributed by atoms with Crippen LogP contribution in [0.4, 0.5) is 27.5 Å². The van der Waals surface area contributed by atoms with Crippen molar-refractivity contribution in [2.24, 2.45) is 0 Å². The molecule has 2 aliphatic heterocycles. The first-order chi connectivity index (χ1) is 18.6. The third-order valence-electron chi connectivity index (χ3n) is 7.21. The second-order valence-corrected chi connectivity index (χ2v) is 10.3. The van der Waals surface area contributed by atoms with Crippen LogP contribution in [0.25, 0.3) is 0 Å². The Morgan fingerprint density at radius 2 is 1.97 bits per heavy atom. The van der Waals surface area contributed by atoms with Gasteiger partial charge in [-0.05, 0) is 59.3 Å². The fraction of sp³-hybridized carbons (Fsp3) is 0.556. The average molecular weight is 544 g/mol. The number of carbonyl (C=O) groups is 2. The molecule has 0 radical (unpaired) electrons. The molecule has 2 aromatic rings. The van der Waals surface area contributed by atoms with E-state index in [1.54, 1.807) is 18.1 Å². The summed E-state index contributed by atoms with van der Waals surface area (Å²) in [6.07, 6.45) is 3.75. The highest BCUT2D eigenvalue weighted by Crippen LogP contribution is 2.37. The van der Waals surface area contributed by atoms with Crippen molar-refractivity contribution in [3.8, 4) is 5.75 Å². The van der Waals surface area contributed by atoms with Crippen molar-refractivity contribution in [1.29, 1.82) is 0 Å². The van der Waals surface area contributed by atoms with Gasteiger partial charge >= 0.3 is 0 Å². The predicted octanol–water partition coefficient (Wildman–Crippen LogP) is 2.52.